The Bertz CT molecular complexity index is 408. The van der Waals surface area contributed by atoms with E-state index in [-0.39, 0.29) is 12.5 Å². The van der Waals surface area contributed by atoms with Gasteiger partial charge in [-0.15, -0.1) is 0 Å². The number of piperidine rings is 1. The number of aromatic nitrogens is 2. The van der Waals surface area contributed by atoms with Crippen LogP contribution in [0.25, 0.3) is 0 Å². The topological polar surface area (TPSA) is 84.1 Å². The highest BCUT2D eigenvalue weighted by molar-refractivity contribution is 5.80. The number of carbonyl (C=O) groups is 1. The van der Waals surface area contributed by atoms with Crippen molar-refractivity contribution in [3.63, 3.8) is 0 Å². The van der Waals surface area contributed by atoms with Crippen molar-refractivity contribution in [2.24, 2.45) is 0 Å². The fourth-order valence-corrected chi connectivity index (χ4v) is 2.10. The first-order valence-corrected chi connectivity index (χ1v) is 6.28. The molecule has 0 atom stereocenters. The Morgan fingerprint density at radius 3 is 2.78 bits per heavy atom. The second-order valence-electron chi connectivity index (χ2n) is 4.52. The molecule has 1 amide bonds. The van der Waals surface area contributed by atoms with Crippen molar-refractivity contribution < 1.29 is 4.79 Å². The number of hydrogen-bond donors (Lipinski definition) is 2. The van der Waals surface area contributed by atoms with E-state index in [1.807, 2.05) is 4.90 Å². The highest BCUT2D eigenvalue weighted by Crippen LogP contribution is 2.10. The van der Waals surface area contributed by atoms with Crippen molar-refractivity contribution in [1.82, 2.24) is 14.9 Å². The van der Waals surface area contributed by atoms with Gasteiger partial charge < -0.3 is 16.0 Å². The van der Waals surface area contributed by atoms with Crippen LogP contribution in [0.4, 0.5) is 11.6 Å². The van der Waals surface area contributed by atoms with E-state index in [9.17, 15) is 4.79 Å². The number of nitrogens with one attached hydrogen (secondary N) is 1. The average molecular weight is 249 g/mol. The number of nitrogens with zero attached hydrogens (tertiary/aromatic N) is 3. The minimum absolute atomic E-state index is 0.115. The van der Waals surface area contributed by atoms with Crippen molar-refractivity contribution in [3.8, 4) is 0 Å². The van der Waals surface area contributed by atoms with E-state index in [0.29, 0.717) is 17.5 Å². The van der Waals surface area contributed by atoms with Crippen LogP contribution < -0.4 is 11.1 Å². The fraction of sp³-hybridized carbons (Fsp3) is 0.583. The molecule has 0 aromatic carbocycles. The van der Waals surface area contributed by atoms with Crippen LogP contribution >= 0.6 is 0 Å². The number of anilines is 2. The van der Waals surface area contributed by atoms with Crippen LogP contribution in [0.1, 0.15) is 25.1 Å². The first-order chi connectivity index (χ1) is 8.65. The normalized spacial score (nSPS) is 15.5. The third kappa shape index (κ3) is 3.32. The van der Waals surface area contributed by atoms with Gasteiger partial charge in [-0.2, -0.15) is 0 Å². The van der Waals surface area contributed by atoms with Gasteiger partial charge in [-0.05, 0) is 26.2 Å². The van der Waals surface area contributed by atoms with Crippen molar-refractivity contribution in [2.45, 2.75) is 26.2 Å². The molecule has 18 heavy (non-hydrogen) atoms. The number of amides is 1. The monoisotopic (exact) mass is 249 g/mol. The van der Waals surface area contributed by atoms with Gasteiger partial charge in [0.15, 0.2) is 0 Å². The molecule has 1 aromatic heterocycles. The summed E-state index contributed by atoms with van der Waals surface area (Å²) < 4.78 is 0. The third-order valence-electron chi connectivity index (χ3n) is 2.99. The zero-order valence-corrected chi connectivity index (χ0v) is 10.6. The molecular weight excluding hydrogens is 230 g/mol. The Kier molecular flexibility index (Phi) is 3.96. The zero-order valence-electron chi connectivity index (χ0n) is 10.6. The van der Waals surface area contributed by atoms with Crippen molar-refractivity contribution >= 4 is 17.5 Å². The van der Waals surface area contributed by atoms with Crippen LogP contribution in [-0.4, -0.2) is 40.4 Å². The van der Waals surface area contributed by atoms with E-state index < -0.39 is 0 Å². The van der Waals surface area contributed by atoms with Gasteiger partial charge in [-0.25, -0.2) is 9.97 Å². The number of nitrogens with two attached hydrogens (primary N) is 1. The number of aryl methyl sites for hydroxylation is 1. The van der Waals surface area contributed by atoms with E-state index in [1.165, 1.54) is 6.42 Å². The molecule has 1 aromatic rings. The number of rotatable bonds is 3. The summed E-state index contributed by atoms with van der Waals surface area (Å²) in [7, 11) is 0. The standard InChI is InChI=1S/C12H19N5O/c1-9-15-10(13)7-11(16-9)14-8-12(18)17-5-3-2-4-6-17/h7H,2-6,8H2,1H3,(H3,13,14,15,16). The molecule has 1 fully saturated rings. The van der Waals surface area contributed by atoms with Crippen LogP contribution in [0.5, 0.6) is 0 Å². The van der Waals surface area contributed by atoms with Gasteiger partial charge in [0, 0.05) is 19.2 Å². The van der Waals surface area contributed by atoms with Crippen molar-refractivity contribution in [3.05, 3.63) is 11.9 Å². The molecule has 98 valence electrons. The van der Waals surface area contributed by atoms with Crippen LogP contribution in [-0.2, 0) is 4.79 Å². The van der Waals surface area contributed by atoms with Crippen molar-refractivity contribution in [2.75, 3.05) is 30.7 Å². The molecule has 0 radical (unpaired) electrons. The lowest BCUT2D eigenvalue weighted by atomic mass is 10.1. The largest absolute Gasteiger partial charge is 0.384 e. The second-order valence-corrected chi connectivity index (χ2v) is 4.52. The van der Waals surface area contributed by atoms with Crippen LogP contribution in [0.15, 0.2) is 6.07 Å². The number of hydrogen-bond acceptors (Lipinski definition) is 5. The summed E-state index contributed by atoms with van der Waals surface area (Å²) in [6, 6.07) is 1.64. The first-order valence-electron chi connectivity index (χ1n) is 6.28. The van der Waals surface area contributed by atoms with Crippen LogP contribution in [0.2, 0.25) is 0 Å². The van der Waals surface area contributed by atoms with Gasteiger partial charge in [-0.1, -0.05) is 0 Å². The zero-order chi connectivity index (χ0) is 13.0. The summed E-state index contributed by atoms with van der Waals surface area (Å²) in [6.07, 6.45) is 3.43. The predicted molar refractivity (Wildman–Crippen MR) is 70.1 cm³/mol. The molecule has 0 aliphatic carbocycles. The van der Waals surface area contributed by atoms with Gasteiger partial charge in [0.1, 0.15) is 17.5 Å². The first kappa shape index (κ1) is 12.6. The average Bonchev–Trinajstić information content (AvgIpc) is 2.36. The highest BCUT2D eigenvalue weighted by atomic mass is 16.2. The van der Waals surface area contributed by atoms with E-state index in [1.54, 1.807) is 13.0 Å². The Hall–Kier alpha value is -1.85. The predicted octanol–water partition coefficient (Wildman–Crippen LogP) is 0.792. The molecule has 0 spiro atoms. The van der Waals surface area contributed by atoms with E-state index >= 15 is 0 Å². The molecule has 2 heterocycles. The minimum atomic E-state index is 0.115. The maximum absolute atomic E-state index is 11.9. The third-order valence-corrected chi connectivity index (χ3v) is 2.99. The molecular formula is C12H19N5O. The Morgan fingerprint density at radius 2 is 2.11 bits per heavy atom. The Balaban J connectivity index is 1.88. The van der Waals surface area contributed by atoms with Crippen LogP contribution in [0.3, 0.4) is 0 Å². The maximum atomic E-state index is 11.9. The highest BCUT2D eigenvalue weighted by Gasteiger charge is 2.16. The summed E-state index contributed by atoms with van der Waals surface area (Å²) in [4.78, 5) is 22.0. The summed E-state index contributed by atoms with van der Waals surface area (Å²) in [6.45, 7) is 3.76. The summed E-state index contributed by atoms with van der Waals surface area (Å²) >= 11 is 0. The van der Waals surface area contributed by atoms with E-state index in [0.717, 1.165) is 25.9 Å². The molecule has 6 nitrogen and oxygen atoms in total. The van der Waals surface area contributed by atoms with Gasteiger partial charge in [0.2, 0.25) is 5.91 Å². The quantitative estimate of drug-likeness (QED) is 0.827. The van der Waals surface area contributed by atoms with Gasteiger partial charge in [-0.3, -0.25) is 4.79 Å². The second kappa shape index (κ2) is 5.66. The lowest BCUT2D eigenvalue weighted by Crippen LogP contribution is -2.39. The molecule has 6 heteroatoms. The maximum Gasteiger partial charge on any atom is 0.241 e. The molecule has 2 rings (SSSR count). The summed E-state index contributed by atoms with van der Waals surface area (Å²) in [5.41, 5.74) is 5.62. The minimum Gasteiger partial charge on any atom is -0.384 e. The van der Waals surface area contributed by atoms with Crippen molar-refractivity contribution in [1.29, 1.82) is 0 Å². The van der Waals surface area contributed by atoms with E-state index in [2.05, 4.69) is 15.3 Å². The SMILES string of the molecule is Cc1nc(N)cc(NCC(=O)N2CCCCC2)n1. The van der Waals surface area contributed by atoms with Gasteiger partial charge in [0.25, 0.3) is 0 Å². The van der Waals surface area contributed by atoms with E-state index in [4.69, 9.17) is 5.73 Å². The lowest BCUT2D eigenvalue weighted by molar-refractivity contribution is -0.130. The number of nitrogen functional groups attached to an aromatic ring is 1. The van der Waals surface area contributed by atoms with Crippen LogP contribution in [0, 0.1) is 6.92 Å². The molecule has 0 saturated carbocycles. The molecule has 0 bridgehead atoms. The molecule has 1 aliphatic heterocycles. The lowest BCUT2D eigenvalue weighted by Gasteiger charge is -2.26. The Morgan fingerprint density at radius 1 is 1.39 bits per heavy atom. The fourth-order valence-electron chi connectivity index (χ4n) is 2.10. The Labute approximate surface area is 107 Å². The number of likely N-dealkylation sites (tertiary alicyclic amines) is 1. The molecule has 3 N–H and O–H groups in total. The summed E-state index contributed by atoms with van der Waals surface area (Å²) in [5.74, 6) is 1.73. The van der Waals surface area contributed by atoms with Gasteiger partial charge >= 0.3 is 0 Å². The molecule has 1 aliphatic rings. The number of carbonyl (C=O) groups excluding carboxylic acids is 1. The summed E-state index contributed by atoms with van der Waals surface area (Å²) in [5, 5.41) is 3.00. The molecule has 1 saturated heterocycles. The van der Waals surface area contributed by atoms with Gasteiger partial charge in [0.05, 0.1) is 6.54 Å². The smallest absolute Gasteiger partial charge is 0.241 e. The molecule has 0 unspecified atom stereocenters.